The molecule has 0 bridgehead atoms. The second-order valence-corrected chi connectivity index (χ2v) is 6.37. The zero-order chi connectivity index (χ0) is 17.3. The van der Waals surface area contributed by atoms with E-state index >= 15 is 0 Å². The Morgan fingerprint density at radius 3 is 2.79 bits per heavy atom. The monoisotopic (exact) mass is 329 g/mol. The van der Waals surface area contributed by atoms with Crippen molar-refractivity contribution in [3.63, 3.8) is 0 Å². The molecule has 2 heterocycles. The van der Waals surface area contributed by atoms with E-state index in [0.29, 0.717) is 13.1 Å². The summed E-state index contributed by atoms with van der Waals surface area (Å²) in [7, 11) is 0. The molecule has 1 atom stereocenters. The SMILES string of the molecule is Cc1cc(C)n(CCNC(=O)[C@@H](C)n2nc3c(cc2=O)CCC3)n1. The maximum atomic E-state index is 12.3. The number of carbonyl (C=O) groups excluding carboxylic acids is 1. The van der Waals surface area contributed by atoms with Gasteiger partial charge in [0, 0.05) is 18.3 Å². The maximum Gasteiger partial charge on any atom is 0.267 e. The second-order valence-electron chi connectivity index (χ2n) is 6.37. The average molecular weight is 329 g/mol. The first-order valence-corrected chi connectivity index (χ1v) is 8.36. The molecule has 0 aromatic carbocycles. The summed E-state index contributed by atoms with van der Waals surface area (Å²) in [5.74, 6) is -0.205. The van der Waals surface area contributed by atoms with Crippen LogP contribution in [0, 0.1) is 13.8 Å². The van der Waals surface area contributed by atoms with Gasteiger partial charge in [0.1, 0.15) is 6.04 Å². The molecule has 24 heavy (non-hydrogen) atoms. The topological polar surface area (TPSA) is 81.8 Å². The van der Waals surface area contributed by atoms with Crippen LogP contribution in [0.5, 0.6) is 0 Å². The van der Waals surface area contributed by atoms with Gasteiger partial charge in [-0.05, 0) is 51.7 Å². The van der Waals surface area contributed by atoms with Crippen LogP contribution in [0.1, 0.15) is 42.0 Å². The number of nitrogens with one attached hydrogen (secondary N) is 1. The number of hydrogen-bond acceptors (Lipinski definition) is 4. The van der Waals surface area contributed by atoms with E-state index in [1.807, 2.05) is 24.6 Å². The van der Waals surface area contributed by atoms with Gasteiger partial charge in [-0.1, -0.05) is 0 Å². The zero-order valence-electron chi connectivity index (χ0n) is 14.4. The molecule has 1 aliphatic rings. The molecule has 0 spiro atoms. The Bertz CT molecular complexity index is 821. The Balaban J connectivity index is 1.63. The fraction of sp³-hybridized carbons (Fsp3) is 0.529. The van der Waals surface area contributed by atoms with Gasteiger partial charge >= 0.3 is 0 Å². The minimum Gasteiger partial charge on any atom is -0.352 e. The number of nitrogens with zero attached hydrogens (tertiary/aromatic N) is 4. The van der Waals surface area contributed by atoms with E-state index in [-0.39, 0.29) is 11.5 Å². The normalized spacial score (nSPS) is 14.5. The highest BCUT2D eigenvalue weighted by atomic mass is 16.2. The fourth-order valence-corrected chi connectivity index (χ4v) is 3.14. The fourth-order valence-electron chi connectivity index (χ4n) is 3.14. The third-order valence-corrected chi connectivity index (χ3v) is 4.45. The number of hydrogen-bond donors (Lipinski definition) is 1. The molecule has 3 rings (SSSR count). The highest BCUT2D eigenvalue weighted by Gasteiger charge is 2.21. The lowest BCUT2D eigenvalue weighted by Crippen LogP contribution is -2.38. The standard InChI is InChI=1S/C17H23N5O2/c1-11-9-12(2)21(19-11)8-7-18-17(24)13(3)22-16(23)10-14-5-4-6-15(14)20-22/h9-10,13H,4-8H2,1-3H3,(H,18,24)/t13-/m1/s1. The number of carbonyl (C=O) groups is 1. The summed E-state index contributed by atoms with van der Waals surface area (Å²) in [6.07, 6.45) is 2.80. The number of aromatic nitrogens is 4. The summed E-state index contributed by atoms with van der Waals surface area (Å²) < 4.78 is 3.16. The molecule has 0 aliphatic heterocycles. The lowest BCUT2D eigenvalue weighted by Gasteiger charge is -2.15. The molecule has 1 amide bonds. The highest BCUT2D eigenvalue weighted by Crippen LogP contribution is 2.17. The lowest BCUT2D eigenvalue weighted by molar-refractivity contribution is -0.124. The Morgan fingerprint density at radius 2 is 2.08 bits per heavy atom. The first-order valence-electron chi connectivity index (χ1n) is 8.36. The third kappa shape index (κ3) is 3.25. The van der Waals surface area contributed by atoms with E-state index in [1.54, 1.807) is 13.0 Å². The van der Waals surface area contributed by atoms with E-state index in [2.05, 4.69) is 15.5 Å². The van der Waals surface area contributed by atoms with Crippen LogP contribution in [-0.2, 0) is 24.2 Å². The Labute approximate surface area is 140 Å². The summed E-state index contributed by atoms with van der Waals surface area (Å²) in [5, 5.41) is 11.6. The van der Waals surface area contributed by atoms with E-state index in [4.69, 9.17) is 0 Å². The number of amides is 1. The Kier molecular flexibility index (Phi) is 4.51. The smallest absolute Gasteiger partial charge is 0.267 e. The van der Waals surface area contributed by atoms with E-state index < -0.39 is 6.04 Å². The summed E-state index contributed by atoms with van der Waals surface area (Å²) in [6, 6.07) is 3.00. The van der Waals surface area contributed by atoms with Crippen LogP contribution in [0.4, 0.5) is 0 Å². The van der Waals surface area contributed by atoms with Gasteiger partial charge in [0.25, 0.3) is 5.56 Å². The minimum atomic E-state index is -0.621. The molecule has 7 heteroatoms. The van der Waals surface area contributed by atoms with Gasteiger partial charge in [0.2, 0.25) is 5.91 Å². The van der Waals surface area contributed by atoms with Crippen molar-refractivity contribution in [3.8, 4) is 0 Å². The Morgan fingerprint density at radius 1 is 1.29 bits per heavy atom. The molecular weight excluding hydrogens is 306 g/mol. The van der Waals surface area contributed by atoms with E-state index in [9.17, 15) is 9.59 Å². The molecular formula is C17H23N5O2. The van der Waals surface area contributed by atoms with Crippen LogP contribution in [0.25, 0.3) is 0 Å². The third-order valence-electron chi connectivity index (χ3n) is 4.45. The van der Waals surface area contributed by atoms with Gasteiger partial charge < -0.3 is 5.32 Å². The molecule has 1 aliphatic carbocycles. The van der Waals surface area contributed by atoms with Gasteiger partial charge in [0.15, 0.2) is 0 Å². The molecule has 0 radical (unpaired) electrons. The zero-order valence-corrected chi connectivity index (χ0v) is 14.4. The Hall–Kier alpha value is -2.44. The molecule has 2 aromatic rings. The molecule has 0 saturated carbocycles. The summed E-state index contributed by atoms with van der Waals surface area (Å²) >= 11 is 0. The van der Waals surface area contributed by atoms with Crippen LogP contribution in [0.2, 0.25) is 0 Å². The second kappa shape index (κ2) is 6.59. The number of rotatable bonds is 5. The number of fused-ring (bicyclic) bond motifs is 1. The van der Waals surface area contributed by atoms with Gasteiger partial charge in [-0.3, -0.25) is 14.3 Å². The summed E-state index contributed by atoms with van der Waals surface area (Å²) in [6.45, 7) is 6.69. The lowest BCUT2D eigenvalue weighted by atomic mass is 10.2. The first-order chi connectivity index (χ1) is 11.5. The van der Waals surface area contributed by atoms with Gasteiger partial charge in [-0.15, -0.1) is 0 Å². The molecule has 7 nitrogen and oxygen atoms in total. The molecule has 128 valence electrons. The molecule has 2 aromatic heterocycles. The summed E-state index contributed by atoms with van der Waals surface area (Å²) in [5.41, 5.74) is 3.77. The largest absolute Gasteiger partial charge is 0.352 e. The minimum absolute atomic E-state index is 0.205. The highest BCUT2D eigenvalue weighted by molar-refractivity contribution is 5.79. The maximum absolute atomic E-state index is 12.3. The molecule has 0 fully saturated rings. The van der Waals surface area contributed by atoms with Crippen molar-refractivity contribution in [1.29, 1.82) is 0 Å². The summed E-state index contributed by atoms with van der Waals surface area (Å²) in [4.78, 5) is 24.5. The van der Waals surface area contributed by atoms with Gasteiger partial charge in [-0.25, -0.2) is 4.68 Å². The van der Waals surface area contributed by atoms with Gasteiger partial charge in [0.05, 0.1) is 17.9 Å². The van der Waals surface area contributed by atoms with Crippen LogP contribution >= 0.6 is 0 Å². The molecule has 0 unspecified atom stereocenters. The molecule has 1 N–H and O–H groups in total. The van der Waals surface area contributed by atoms with Crippen molar-refractivity contribution in [2.75, 3.05) is 6.54 Å². The van der Waals surface area contributed by atoms with Crippen molar-refractivity contribution in [2.45, 2.75) is 52.6 Å². The van der Waals surface area contributed by atoms with Crippen molar-refractivity contribution >= 4 is 5.91 Å². The van der Waals surface area contributed by atoms with Crippen LogP contribution in [0.3, 0.4) is 0 Å². The van der Waals surface area contributed by atoms with Gasteiger partial charge in [-0.2, -0.15) is 10.2 Å². The van der Waals surface area contributed by atoms with Crippen LogP contribution < -0.4 is 10.9 Å². The van der Waals surface area contributed by atoms with E-state index in [1.165, 1.54) is 4.68 Å². The predicted molar refractivity (Wildman–Crippen MR) is 89.9 cm³/mol. The first kappa shape index (κ1) is 16.4. The van der Waals surface area contributed by atoms with Crippen molar-refractivity contribution in [3.05, 3.63) is 45.1 Å². The quantitative estimate of drug-likeness (QED) is 0.884. The van der Waals surface area contributed by atoms with Crippen LogP contribution in [0.15, 0.2) is 16.9 Å². The van der Waals surface area contributed by atoms with Crippen molar-refractivity contribution in [1.82, 2.24) is 24.9 Å². The van der Waals surface area contributed by atoms with Crippen molar-refractivity contribution < 1.29 is 4.79 Å². The van der Waals surface area contributed by atoms with E-state index in [0.717, 1.165) is 41.9 Å². The average Bonchev–Trinajstić information content (AvgIpc) is 3.11. The van der Waals surface area contributed by atoms with Crippen molar-refractivity contribution in [2.24, 2.45) is 0 Å². The molecule has 0 saturated heterocycles. The predicted octanol–water partition coefficient (Wildman–Crippen LogP) is 0.923. The van der Waals surface area contributed by atoms with Crippen LogP contribution in [-0.4, -0.2) is 32.0 Å². The number of aryl methyl sites for hydroxylation is 4.